The van der Waals surface area contributed by atoms with E-state index in [-0.39, 0.29) is 4.92 Å². The van der Waals surface area contributed by atoms with Gasteiger partial charge in [-0.2, -0.15) is 0 Å². The summed E-state index contributed by atoms with van der Waals surface area (Å²) in [6, 6.07) is 14.6. The van der Waals surface area contributed by atoms with E-state index in [4.69, 9.17) is 0 Å². The molecule has 0 bridgehead atoms. The highest BCUT2D eigenvalue weighted by Crippen LogP contribution is 2.36. The molecule has 2 aromatic carbocycles. The summed E-state index contributed by atoms with van der Waals surface area (Å²) in [5, 5.41) is 11.3. The molecule has 3 heteroatoms. The molecule has 0 amide bonds. The molecule has 0 saturated carbocycles. The van der Waals surface area contributed by atoms with Crippen LogP contribution in [0, 0.1) is 10.1 Å². The van der Waals surface area contributed by atoms with Crippen molar-refractivity contribution in [3.8, 4) is 0 Å². The van der Waals surface area contributed by atoms with Gasteiger partial charge in [0.15, 0.2) is 0 Å². The van der Waals surface area contributed by atoms with Crippen molar-refractivity contribution in [1.29, 1.82) is 0 Å². The zero-order valence-electron chi connectivity index (χ0n) is 9.17. The van der Waals surface area contributed by atoms with E-state index in [1.54, 1.807) is 0 Å². The van der Waals surface area contributed by atoms with Gasteiger partial charge in [-0.1, -0.05) is 48.5 Å². The van der Waals surface area contributed by atoms with E-state index in [0.717, 1.165) is 28.7 Å². The summed E-state index contributed by atoms with van der Waals surface area (Å²) >= 11 is 0. The number of fused-ring (bicyclic) bond motifs is 2. The molecule has 0 spiro atoms. The maximum Gasteiger partial charge on any atom is 0.263 e. The van der Waals surface area contributed by atoms with Crippen LogP contribution in [0.15, 0.2) is 48.5 Å². The van der Waals surface area contributed by atoms with E-state index in [1.807, 2.05) is 48.5 Å². The predicted octanol–water partition coefficient (Wildman–Crippen LogP) is 2.96. The van der Waals surface area contributed by atoms with Gasteiger partial charge in [0.2, 0.25) is 0 Å². The van der Waals surface area contributed by atoms with Crippen LogP contribution in [0.2, 0.25) is 0 Å². The fourth-order valence-corrected chi connectivity index (χ4v) is 2.52. The monoisotopic (exact) mass is 225 g/mol. The number of benzene rings is 2. The van der Waals surface area contributed by atoms with Crippen molar-refractivity contribution in [2.75, 3.05) is 0 Å². The minimum Gasteiger partial charge on any atom is -0.264 e. The van der Waals surface area contributed by atoms with Gasteiger partial charge in [0.1, 0.15) is 0 Å². The fourth-order valence-electron chi connectivity index (χ4n) is 2.52. The lowest BCUT2D eigenvalue weighted by Crippen LogP contribution is -2.20. The van der Waals surface area contributed by atoms with Crippen LogP contribution in [0.25, 0.3) is 0 Å². The van der Waals surface area contributed by atoms with Crippen LogP contribution in [0.5, 0.6) is 0 Å². The van der Waals surface area contributed by atoms with Gasteiger partial charge >= 0.3 is 0 Å². The lowest BCUT2D eigenvalue weighted by Gasteiger charge is -2.22. The summed E-state index contributed by atoms with van der Waals surface area (Å²) < 4.78 is 0. The Labute approximate surface area is 98.9 Å². The summed E-state index contributed by atoms with van der Waals surface area (Å²) in [5.74, 6) is 0. The highest BCUT2D eigenvalue weighted by Gasteiger charge is 2.33. The first-order chi connectivity index (χ1) is 8.27. The van der Waals surface area contributed by atoms with Crippen molar-refractivity contribution in [2.24, 2.45) is 0 Å². The van der Waals surface area contributed by atoms with E-state index in [2.05, 4.69) is 0 Å². The summed E-state index contributed by atoms with van der Waals surface area (Å²) in [7, 11) is 0. The van der Waals surface area contributed by atoms with Gasteiger partial charge in [-0.05, 0) is 17.5 Å². The minimum atomic E-state index is -0.712. The molecular formula is C14H11NO2. The van der Waals surface area contributed by atoms with Gasteiger partial charge < -0.3 is 0 Å². The molecule has 3 nitrogen and oxygen atoms in total. The third-order valence-electron chi connectivity index (χ3n) is 3.29. The zero-order valence-corrected chi connectivity index (χ0v) is 9.17. The first-order valence-electron chi connectivity index (χ1n) is 5.56. The standard InChI is InChI=1S/C14H11NO2/c16-15(17)14-12-7-3-1-5-10(12)9-11-6-2-4-8-13(11)14/h1-8,14H,9H2. The largest absolute Gasteiger partial charge is 0.264 e. The third kappa shape index (κ3) is 1.51. The Morgan fingerprint density at radius 2 is 1.41 bits per heavy atom. The quantitative estimate of drug-likeness (QED) is 0.553. The molecule has 0 heterocycles. The summed E-state index contributed by atoms with van der Waals surface area (Å²) in [6.45, 7) is 0. The molecule has 0 radical (unpaired) electrons. The van der Waals surface area contributed by atoms with Gasteiger partial charge in [0.25, 0.3) is 6.04 Å². The zero-order chi connectivity index (χ0) is 11.8. The lowest BCUT2D eigenvalue weighted by molar-refractivity contribution is -0.517. The van der Waals surface area contributed by atoms with Crippen LogP contribution in [-0.2, 0) is 6.42 Å². The SMILES string of the molecule is O=[N+]([O-])C1c2ccccc2Cc2ccccc21. The van der Waals surface area contributed by atoms with Crippen molar-refractivity contribution in [3.63, 3.8) is 0 Å². The van der Waals surface area contributed by atoms with Gasteiger partial charge in [-0.3, -0.25) is 10.1 Å². The average Bonchev–Trinajstić information content (AvgIpc) is 2.35. The number of nitro groups is 1. The van der Waals surface area contributed by atoms with E-state index >= 15 is 0 Å². The number of hydrogen-bond donors (Lipinski definition) is 0. The van der Waals surface area contributed by atoms with Crippen molar-refractivity contribution < 1.29 is 4.92 Å². The van der Waals surface area contributed by atoms with Crippen LogP contribution in [-0.4, -0.2) is 4.92 Å². The maximum atomic E-state index is 11.3. The summed E-state index contributed by atoms with van der Waals surface area (Å²) in [5.41, 5.74) is 3.79. The van der Waals surface area contributed by atoms with E-state index in [0.29, 0.717) is 0 Å². The molecule has 1 aliphatic carbocycles. The maximum absolute atomic E-state index is 11.3. The van der Waals surface area contributed by atoms with Crippen LogP contribution < -0.4 is 0 Å². The normalized spacial score (nSPS) is 13.9. The van der Waals surface area contributed by atoms with Crippen LogP contribution in [0.4, 0.5) is 0 Å². The van der Waals surface area contributed by atoms with Gasteiger partial charge in [-0.15, -0.1) is 0 Å². The molecule has 0 aromatic heterocycles. The smallest absolute Gasteiger partial charge is 0.263 e. The van der Waals surface area contributed by atoms with E-state index in [9.17, 15) is 10.1 Å². The molecule has 0 fully saturated rings. The van der Waals surface area contributed by atoms with Gasteiger partial charge in [-0.25, -0.2) is 0 Å². The molecule has 2 aromatic rings. The van der Waals surface area contributed by atoms with E-state index < -0.39 is 6.04 Å². The highest BCUT2D eigenvalue weighted by molar-refractivity contribution is 5.47. The molecule has 0 N–H and O–H groups in total. The first-order valence-corrected chi connectivity index (χ1v) is 5.56. The second-order valence-electron chi connectivity index (χ2n) is 4.26. The molecule has 1 aliphatic rings. The number of hydrogen-bond acceptors (Lipinski definition) is 2. The van der Waals surface area contributed by atoms with Crippen molar-refractivity contribution >= 4 is 0 Å². The van der Waals surface area contributed by atoms with Crippen LogP contribution >= 0.6 is 0 Å². The molecule has 84 valence electrons. The van der Waals surface area contributed by atoms with Crippen molar-refractivity contribution in [2.45, 2.75) is 12.5 Å². The summed E-state index contributed by atoms with van der Waals surface area (Å²) in [6.07, 6.45) is 0.788. The highest BCUT2D eigenvalue weighted by atomic mass is 16.6. The van der Waals surface area contributed by atoms with Gasteiger partial charge in [0, 0.05) is 16.1 Å². The second kappa shape index (κ2) is 3.70. The lowest BCUT2D eigenvalue weighted by atomic mass is 9.83. The topological polar surface area (TPSA) is 43.1 Å². The molecule has 3 rings (SSSR count). The van der Waals surface area contributed by atoms with Crippen LogP contribution in [0.1, 0.15) is 28.3 Å². The average molecular weight is 225 g/mol. The molecule has 0 atom stereocenters. The Hall–Kier alpha value is -2.16. The Morgan fingerprint density at radius 1 is 0.941 bits per heavy atom. The van der Waals surface area contributed by atoms with Crippen molar-refractivity contribution in [3.05, 3.63) is 80.9 Å². The summed E-state index contributed by atoms with van der Waals surface area (Å²) in [4.78, 5) is 11.1. The molecule has 0 saturated heterocycles. The molecule has 0 unspecified atom stereocenters. The Bertz CT molecular complexity index is 547. The van der Waals surface area contributed by atoms with Gasteiger partial charge in [0.05, 0.1) is 0 Å². The van der Waals surface area contributed by atoms with Crippen LogP contribution in [0.3, 0.4) is 0 Å². The molecular weight excluding hydrogens is 214 g/mol. The third-order valence-corrected chi connectivity index (χ3v) is 3.29. The predicted molar refractivity (Wildman–Crippen MR) is 64.5 cm³/mol. The van der Waals surface area contributed by atoms with E-state index in [1.165, 1.54) is 0 Å². The Balaban J connectivity index is 2.24. The first kappa shape index (κ1) is 10.0. The van der Waals surface area contributed by atoms with Crippen molar-refractivity contribution in [1.82, 2.24) is 0 Å². The Morgan fingerprint density at radius 3 is 1.88 bits per heavy atom. The fraction of sp³-hybridized carbons (Fsp3) is 0.143. The number of rotatable bonds is 1. The number of nitrogens with zero attached hydrogens (tertiary/aromatic N) is 1. The minimum absolute atomic E-state index is 0.198. The molecule has 0 aliphatic heterocycles. The Kier molecular flexibility index (Phi) is 2.18. The second-order valence-corrected chi connectivity index (χ2v) is 4.26. The molecule has 17 heavy (non-hydrogen) atoms.